The van der Waals surface area contributed by atoms with Crippen molar-refractivity contribution in [2.45, 2.75) is 18.3 Å². The van der Waals surface area contributed by atoms with Crippen LogP contribution in [0.2, 0.25) is 0 Å². The average Bonchev–Trinajstić information content (AvgIpc) is 3.28. The molecule has 4 atom stereocenters. The summed E-state index contributed by atoms with van der Waals surface area (Å²) >= 11 is 0. The summed E-state index contributed by atoms with van der Waals surface area (Å²) in [6.07, 6.45) is 0.372. The molecule has 2 N–H and O–H groups in total. The first-order valence-corrected chi connectivity index (χ1v) is 12.6. The molecule has 4 aromatic rings. The number of benzene rings is 4. The van der Waals surface area contributed by atoms with Gasteiger partial charge in [0, 0.05) is 17.5 Å². The molecule has 2 aliphatic rings. The lowest BCUT2D eigenvalue weighted by molar-refractivity contribution is -0.158. The summed E-state index contributed by atoms with van der Waals surface area (Å²) in [7, 11) is 0. The second kappa shape index (κ2) is 9.63. The maximum Gasteiger partial charge on any atom is 0.315 e. The van der Waals surface area contributed by atoms with Crippen LogP contribution in [0.5, 0.6) is 5.75 Å². The van der Waals surface area contributed by atoms with E-state index in [4.69, 9.17) is 4.74 Å². The molecule has 0 radical (unpaired) electrons. The third-order valence-electron chi connectivity index (χ3n) is 7.59. The summed E-state index contributed by atoms with van der Waals surface area (Å²) in [5.41, 5.74) is 5.10. The lowest BCUT2D eigenvalue weighted by Gasteiger charge is -2.48. The summed E-state index contributed by atoms with van der Waals surface area (Å²) in [6.45, 7) is 0. The molecule has 1 saturated carbocycles. The fourth-order valence-electron chi connectivity index (χ4n) is 5.85. The molecule has 1 fully saturated rings. The number of esters is 1. The highest BCUT2D eigenvalue weighted by Crippen LogP contribution is 2.58. The predicted molar refractivity (Wildman–Crippen MR) is 143 cm³/mol. The maximum absolute atomic E-state index is 13.7. The van der Waals surface area contributed by atoms with Crippen LogP contribution in [-0.4, -0.2) is 23.0 Å². The van der Waals surface area contributed by atoms with E-state index in [0.717, 1.165) is 33.5 Å². The molecule has 1 heterocycles. The molecular formula is C32H25NO5. The summed E-state index contributed by atoms with van der Waals surface area (Å²) in [5.74, 6) is -3.43. The SMILES string of the molecule is O=C1Cc2ccc(-c3cccc(OC(=O)C4C(c5ccccc5)[C@@H](C(=O)O)[C@H]4c4ccccc4)c3)cc2N1. The fraction of sp³-hybridized carbons (Fsp3) is 0.156. The second-order valence-corrected chi connectivity index (χ2v) is 9.81. The van der Waals surface area contributed by atoms with Crippen molar-refractivity contribution in [1.29, 1.82) is 0 Å². The number of amides is 1. The van der Waals surface area contributed by atoms with E-state index >= 15 is 0 Å². The third kappa shape index (κ3) is 4.24. The van der Waals surface area contributed by atoms with Gasteiger partial charge in [0.25, 0.3) is 0 Å². The van der Waals surface area contributed by atoms with Crippen LogP contribution in [0.1, 0.15) is 28.5 Å². The van der Waals surface area contributed by atoms with Crippen molar-refractivity contribution in [3.8, 4) is 16.9 Å². The average molecular weight is 504 g/mol. The molecular weight excluding hydrogens is 478 g/mol. The van der Waals surface area contributed by atoms with Crippen LogP contribution in [0.4, 0.5) is 5.69 Å². The molecule has 38 heavy (non-hydrogen) atoms. The highest BCUT2D eigenvalue weighted by Gasteiger charge is 2.59. The number of fused-ring (bicyclic) bond motifs is 1. The van der Waals surface area contributed by atoms with E-state index in [1.807, 2.05) is 91.0 Å². The lowest BCUT2D eigenvalue weighted by Crippen LogP contribution is -2.52. The van der Waals surface area contributed by atoms with E-state index in [2.05, 4.69) is 5.32 Å². The van der Waals surface area contributed by atoms with E-state index in [1.54, 1.807) is 12.1 Å². The van der Waals surface area contributed by atoms with Crippen LogP contribution >= 0.6 is 0 Å². The van der Waals surface area contributed by atoms with Crippen LogP contribution in [-0.2, 0) is 20.8 Å². The number of carbonyl (C=O) groups is 3. The number of hydrogen-bond acceptors (Lipinski definition) is 4. The van der Waals surface area contributed by atoms with Crippen molar-refractivity contribution < 1.29 is 24.2 Å². The Morgan fingerprint density at radius 1 is 0.737 bits per heavy atom. The molecule has 1 amide bonds. The highest BCUT2D eigenvalue weighted by molar-refractivity contribution is 6.00. The van der Waals surface area contributed by atoms with Gasteiger partial charge in [-0.1, -0.05) is 84.9 Å². The lowest BCUT2D eigenvalue weighted by atomic mass is 9.52. The standard InChI is InChI=1S/C32H25NO5/c34-26-18-23-15-14-22(17-25(23)33-26)21-12-7-13-24(16-21)38-32(37)30-27(19-8-3-1-4-9-19)29(31(35)36)28(30)20-10-5-2-6-11-20/h1-17,27-30H,18H2,(H,33,34)(H,35,36)/t27-,28?,29+,30?/m1/s1. The van der Waals surface area contributed by atoms with Crippen LogP contribution in [0, 0.1) is 11.8 Å². The topological polar surface area (TPSA) is 92.7 Å². The van der Waals surface area contributed by atoms with Gasteiger partial charge < -0.3 is 15.2 Å². The number of aliphatic carboxylic acids is 1. The van der Waals surface area contributed by atoms with Gasteiger partial charge >= 0.3 is 11.9 Å². The van der Waals surface area contributed by atoms with Crippen molar-refractivity contribution in [3.05, 3.63) is 120 Å². The Morgan fingerprint density at radius 3 is 2.00 bits per heavy atom. The minimum absolute atomic E-state index is 0.0269. The monoisotopic (exact) mass is 503 g/mol. The van der Waals surface area contributed by atoms with Gasteiger partial charge in [-0.3, -0.25) is 14.4 Å². The molecule has 6 heteroatoms. The summed E-state index contributed by atoms with van der Waals surface area (Å²) in [5, 5.41) is 13.0. The van der Waals surface area contributed by atoms with Crippen LogP contribution in [0.15, 0.2) is 103 Å². The Balaban J connectivity index is 1.31. The number of nitrogens with one attached hydrogen (secondary N) is 1. The number of ether oxygens (including phenoxy) is 1. The fourth-order valence-corrected chi connectivity index (χ4v) is 5.85. The molecule has 6 nitrogen and oxygen atoms in total. The Kier molecular flexibility index (Phi) is 6.00. The van der Waals surface area contributed by atoms with Gasteiger partial charge in [-0.15, -0.1) is 0 Å². The quantitative estimate of drug-likeness (QED) is 0.262. The number of hydrogen-bond donors (Lipinski definition) is 2. The summed E-state index contributed by atoms with van der Waals surface area (Å²) in [4.78, 5) is 37.8. The van der Waals surface area contributed by atoms with E-state index in [0.29, 0.717) is 12.2 Å². The van der Waals surface area contributed by atoms with Gasteiger partial charge in [0.2, 0.25) is 5.91 Å². The smallest absolute Gasteiger partial charge is 0.315 e. The molecule has 0 bridgehead atoms. The minimum Gasteiger partial charge on any atom is -0.481 e. The number of anilines is 1. The number of carboxylic acid groups (broad SMARTS) is 1. The molecule has 0 aromatic heterocycles. The van der Waals surface area contributed by atoms with Gasteiger partial charge in [-0.05, 0) is 46.0 Å². The Bertz CT molecular complexity index is 1480. The van der Waals surface area contributed by atoms with Gasteiger partial charge in [0.05, 0.1) is 18.3 Å². The largest absolute Gasteiger partial charge is 0.481 e. The zero-order valence-electron chi connectivity index (χ0n) is 20.4. The van der Waals surface area contributed by atoms with Crippen LogP contribution < -0.4 is 10.1 Å². The van der Waals surface area contributed by atoms with Crippen molar-refractivity contribution in [1.82, 2.24) is 0 Å². The van der Waals surface area contributed by atoms with Crippen LogP contribution in [0.3, 0.4) is 0 Å². The first-order chi connectivity index (χ1) is 18.5. The Hall–Kier alpha value is -4.71. The number of carbonyl (C=O) groups excluding carboxylic acids is 2. The first-order valence-electron chi connectivity index (χ1n) is 12.6. The van der Waals surface area contributed by atoms with E-state index in [1.165, 1.54) is 0 Å². The zero-order valence-corrected chi connectivity index (χ0v) is 20.4. The van der Waals surface area contributed by atoms with E-state index in [9.17, 15) is 19.5 Å². The molecule has 1 aliphatic carbocycles. The number of rotatable bonds is 6. The Labute approximate surface area is 219 Å². The highest BCUT2D eigenvalue weighted by atomic mass is 16.5. The third-order valence-corrected chi connectivity index (χ3v) is 7.59. The van der Waals surface area contributed by atoms with Gasteiger partial charge in [0.15, 0.2) is 0 Å². The molecule has 188 valence electrons. The minimum atomic E-state index is -0.928. The molecule has 4 aromatic carbocycles. The van der Waals surface area contributed by atoms with Crippen molar-refractivity contribution >= 4 is 23.5 Å². The number of carboxylic acids is 1. The Morgan fingerprint density at radius 2 is 1.37 bits per heavy atom. The van der Waals surface area contributed by atoms with Gasteiger partial charge in [0.1, 0.15) is 5.75 Å². The van der Waals surface area contributed by atoms with Crippen LogP contribution in [0.25, 0.3) is 11.1 Å². The van der Waals surface area contributed by atoms with E-state index < -0.39 is 35.6 Å². The summed E-state index contributed by atoms with van der Waals surface area (Å²) in [6, 6.07) is 31.7. The van der Waals surface area contributed by atoms with E-state index in [-0.39, 0.29) is 5.91 Å². The van der Waals surface area contributed by atoms with Crippen molar-refractivity contribution in [3.63, 3.8) is 0 Å². The van der Waals surface area contributed by atoms with Gasteiger partial charge in [-0.25, -0.2) is 0 Å². The molecule has 0 spiro atoms. The molecule has 1 aliphatic heterocycles. The van der Waals surface area contributed by atoms with Gasteiger partial charge in [-0.2, -0.15) is 0 Å². The van der Waals surface area contributed by atoms with Crippen molar-refractivity contribution in [2.75, 3.05) is 5.32 Å². The second-order valence-electron chi connectivity index (χ2n) is 9.81. The predicted octanol–water partition coefficient (Wildman–Crippen LogP) is 5.65. The zero-order chi connectivity index (χ0) is 26.2. The molecule has 0 saturated heterocycles. The molecule has 2 unspecified atom stereocenters. The van der Waals surface area contributed by atoms with Crippen molar-refractivity contribution in [2.24, 2.45) is 11.8 Å². The normalized spacial score (nSPS) is 21.6. The molecule has 6 rings (SSSR count). The maximum atomic E-state index is 13.7. The first kappa shape index (κ1) is 23.7. The summed E-state index contributed by atoms with van der Waals surface area (Å²) < 4.78 is 5.92.